The number of anilines is 1. The van der Waals surface area contributed by atoms with E-state index in [1.165, 1.54) is 27.5 Å². The summed E-state index contributed by atoms with van der Waals surface area (Å²) < 4.78 is 11.2. The van der Waals surface area contributed by atoms with E-state index in [1.54, 1.807) is 48.7 Å². The van der Waals surface area contributed by atoms with Crippen LogP contribution in [0, 0.1) is 0 Å². The highest BCUT2D eigenvalue weighted by Crippen LogP contribution is 2.31. The van der Waals surface area contributed by atoms with Gasteiger partial charge in [0.05, 0.1) is 24.9 Å². The minimum atomic E-state index is -0.404. The molecule has 0 unspecified atom stereocenters. The van der Waals surface area contributed by atoms with Crippen LogP contribution in [0.5, 0.6) is 17.2 Å². The van der Waals surface area contributed by atoms with Crippen molar-refractivity contribution in [1.82, 2.24) is 15.3 Å². The standard InChI is InChI=1S/C26H23ClN4O5/c1-28-25(32)22-14-20(9-10-29-22)36-19-6-4-5-16(11-19)17-12-23(30-15-17)26(33)31(35-3)18-7-8-21(27)24(13-18)34-2/h4-15,30H,1-3H3,(H,28,32). The zero-order chi connectivity index (χ0) is 25.7. The molecule has 0 aliphatic rings. The van der Waals surface area contributed by atoms with Gasteiger partial charge in [-0.2, -0.15) is 5.06 Å². The number of nitrogens with one attached hydrogen (secondary N) is 2. The topological polar surface area (TPSA) is 106 Å². The van der Waals surface area contributed by atoms with Gasteiger partial charge in [0.15, 0.2) is 0 Å². The molecule has 0 radical (unpaired) electrons. The minimum absolute atomic E-state index is 0.251. The third-order valence-corrected chi connectivity index (χ3v) is 5.56. The molecule has 2 aromatic heterocycles. The molecule has 0 bridgehead atoms. The van der Waals surface area contributed by atoms with E-state index in [4.69, 9.17) is 25.9 Å². The lowest BCUT2D eigenvalue weighted by Gasteiger charge is -2.19. The molecule has 0 fully saturated rings. The molecule has 2 N–H and O–H groups in total. The smallest absolute Gasteiger partial charge is 0.298 e. The Bertz CT molecular complexity index is 1400. The number of carbonyl (C=O) groups is 2. The molecule has 2 amide bonds. The van der Waals surface area contributed by atoms with Crippen LogP contribution in [0.4, 0.5) is 5.69 Å². The molecule has 4 rings (SSSR count). The number of halogens is 1. The Labute approximate surface area is 212 Å². The van der Waals surface area contributed by atoms with Crippen molar-refractivity contribution >= 4 is 29.1 Å². The van der Waals surface area contributed by atoms with Crippen LogP contribution in [0.15, 0.2) is 73.1 Å². The number of aromatic amines is 1. The van der Waals surface area contributed by atoms with Crippen LogP contribution < -0.4 is 19.9 Å². The van der Waals surface area contributed by atoms with Gasteiger partial charge in [0.2, 0.25) is 0 Å². The zero-order valence-corrected chi connectivity index (χ0v) is 20.5. The lowest BCUT2D eigenvalue weighted by Crippen LogP contribution is -2.30. The normalized spacial score (nSPS) is 10.6. The number of benzene rings is 2. The van der Waals surface area contributed by atoms with E-state index < -0.39 is 5.91 Å². The quantitative estimate of drug-likeness (QED) is 0.322. The van der Waals surface area contributed by atoms with Gasteiger partial charge in [-0.3, -0.25) is 19.4 Å². The Hall–Kier alpha value is -4.34. The first-order valence-electron chi connectivity index (χ1n) is 10.8. The first-order valence-corrected chi connectivity index (χ1v) is 11.2. The molecular weight excluding hydrogens is 484 g/mol. The summed E-state index contributed by atoms with van der Waals surface area (Å²) in [7, 11) is 4.43. The number of aromatic nitrogens is 2. The van der Waals surface area contributed by atoms with Gasteiger partial charge >= 0.3 is 0 Å². The summed E-state index contributed by atoms with van der Waals surface area (Å²) in [5, 5.41) is 4.09. The SMILES string of the molecule is CNC(=O)c1cc(Oc2cccc(-c3c[nH]c(C(=O)N(OC)c4ccc(Cl)c(OC)c4)c3)c2)ccn1. The van der Waals surface area contributed by atoms with E-state index >= 15 is 0 Å². The van der Waals surface area contributed by atoms with E-state index in [0.29, 0.717) is 33.7 Å². The zero-order valence-electron chi connectivity index (χ0n) is 19.7. The minimum Gasteiger partial charge on any atom is -0.495 e. The first-order chi connectivity index (χ1) is 17.4. The van der Waals surface area contributed by atoms with Crippen LogP contribution in [-0.4, -0.2) is 43.0 Å². The molecule has 0 atom stereocenters. The second-order valence-electron chi connectivity index (χ2n) is 7.49. The monoisotopic (exact) mass is 506 g/mol. The molecule has 2 heterocycles. The summed E-state index contributed by atoms with van der Waals surface area (Å²) in [6.07, 6.45) is 3.23. The maximum Gasteiger partial charge on any atom is 0.298 e. The van der Waals surface area contributed by atoms with Gasteiger partial charge in [-0.05, 0) is 42.0 Å². The molecule has 9 nitrogen and oxygen atoms in total. The van der Waals surface area contributed by atoms with Gasteiger partial charge in [-0.25, -0.2) is 0 Å². The van der Waals surface area contributed by atoms with Crippen LogP contribution >= 0.6 is 11.6 Å². The summed E-state index contributed by atoms with van der Waals surface area (Å²) in [5.41, 5.74) is 2.62. The van der Waals surface area contributed by atoms with Gasteiger partial charge in [0, 0.05) is 37.1 Å². The fraction of sp³-hybridized carbons (Fsp3) is 0.115. The summed E-state index contributed by atoms with van der Waals surface area (Å²) >= 11 is 6.10. The van der Waals surface area contributed by atoms with E-state index in [0.717, 1.165) is 16.2 Å². The number of nitrogens with zero attached hydrogens (tertiary/aromatic N) is 2. The second kappa shape index (κ2) is 10.9. The number of H-pyrrole nitrogens is 1. The van der Waals surface area contributed by atoms with Gasteiger partial charge in [-0.1, -0.05) is 23.7 Å². The molecule has 10 heteroatoms. The fourth-order valence-corrected chi connectivity index (χ4v) is 3.67. The highest BCUT2D eigenvalue weighted by Gasteiger charge is 2.21. The molecule has 2 aromatic carbocycles. The average molecular weight is 507 g/mol. The highest BCUT2D eigenvalue weighted by molar-refractivity contribution is 6.32. The molecule has 4 aromatic rings. The van der Waals surface area contributed by atoms with Gasteiger partial charge in [-0.15, -0.1) is 0 Å². The van der Waals surface area contributed by atoms with Crippen LogP contribution in [-0.2, 0) is 4.84 Å². The number of pyridine rings is 1. The number of amides is 2. The maximum absolute atomic E-state index is 13.2. The summed E-state index contributed by atoms with van der Waals surface area (Å²) in [5.74, 6) is 0.742. The third kappa shape index (κ3) is 5.32. The Morgan fingerprint density at radius 3 is 2.56 bits per heavy atom. The van der Waals surface area contributed by atoms with Crippen LogP contribution in [0.25, 0.3) is 11.1 Å². The summed E-state index contributed by atoms with van der Waals surface area (Å²) in [6, 6.07) is 17.2. The lowest BCUT2D eigenvalue weighted by atomic mass is 10.1. The molecule has 0 saturated heterocycles. The molecule has 0 saturated carbocycles. The molecular formula is C26H23ClN4O5. The van der Waals surface area contributed by atoms with Gasteiger partial charge in [0.1, 0.15) is 28.6 Å². The maximum atomic E-state index is 13.2. The predicted octanol–water partition coefficient (Wildman–Crippen LogP) is 5.10. The molecule has 184 valence electrons. The second-order valence-corrected chi connectivity index (χ2v) is 7.90. The predicted molar refractivity (Wildman–Crippen MR) is 136 cm³/mol. The van der Waals surface area contributed by atoms with Crippen molar-refractivity contribution in [3.63, 3.8) is 0 Å². The summed E-state index contributed by atoms with van der Waals surface area (Å²) in [6.45, 7) is 0. The van der Waals surface area contributed by atoms with Crippen LogP contribution in [0.2, 0.25) is 5.02 Å². The van der Waals surface area contributed by atoms with Crippen molar-refractivity contribution in [1.29, 1.82) is 0 Å². The highest BCUT2D eigenvalue weighted by atomic mass is 35.5. The number of hydrogen-bond acceptors (Lipinski definition) is 6. The Morgan fingerprint density at radius 2 is 1.81 bits per heavy atom. The number of rotatable bonds is 8. The van der Waals surface area contributed by atoms with Crippen molar-refractivity contribution in [2.75, 3.05) is 26.3 Å². The van der Waals surface area contributed by atoms with Crippen molar-refractivity contribution in [2.24, 2.45) is 0 Å². The number of hydrogen-bond donors (Lipinski definition) is 2. The van der Waals surface area contributed by atoms with E-state index in [-0.39, 0.29) is 11.6 Å². The van der Waals surface area contributed by atoms with E-state index in [1.807, 2.05) is 18.2 Å². The van der Waals surface area contributed by atoms with Crippen molar-refractivity contribution in [3.05, 3.63) is 89.5 Å². The van der Waals surface area contributed by atoms with Gasteiger partial charge < -0.3 is 19.8 Å². The largest absolute Gasteiger partial charge is 0.495 e. The molecule has 0 aliphatic carbocycles. The average Bonchev–Trinajstić information content (AvgIpc) is 3.40. The van der Waals surface area contributed by atoms with Crippen molar-refractivity contribution in [3.8, 4) is 28.4 Å². The number of methoxy groups -OCH3 is 1. The van der Waals surface area contributed by atoms with Gasteiger partial charge in [0.25, 0.3) is 11.8 Å². The van der Waals surface area contributed by atoms with Crippen molar-refractivity contribution in [2.45, 2.75) is 0 Å². The summed E-state index contributed by atoms with van der Waals surface area (Å²) in [4.78, 5) is 37.4. The fourth-order valence-electron chi connectivity index (χ4n) is 3.48. The van der Waals surface area contributed by atoms with E-state index in [9.17, 15) is 9.59 Å². The van der Waals surface area contributed by atoms with Crippen LogP contribution in [0.1, 0.15) is 21.0 Å². The first kappa shape index (κ1) is 24.8. The third-order valence-electron chi connectivity index (χ3n) is 5.24. The lowest BCUT2D eigenvalue weighted by molar-refractivity contribution is 0.0768. The van der Waals surface area contributed by atoms with Crippen LogP contribution in [0.3, 0.4) is 0 Å². The number of carbonyl (C=O) groups excluding carboxylic acids is 2. The van der Waals surface area contributed by atoms with E-state index in [2.05, 4.69) is 15.3 Å². The Kier molecular flexibility index (Phi) is 7.53. The number of ether oxygens (including phenoxy) is 2. The molecule has 36 heavy (non-hydrogen) atoms. The number of hydroxylamine groups is 1. The molecule has 0 aliphatic heterocycles. The van der Waals surface area contributed by atoms with Crippen molar-refractivity contribution < 1.29 is 23.9 Å². The molecule has 0 spiro atoms. The Morgan fingerprint density at radius 1 is 1.00 bits per heavy atom. The Balaban J connectivity index is 1.55.